The van der Waals surface area contributed by atoms with Crippen LogP contribution in [0.2, 0.25) is 0 Å². The standard InChI is InChI=1S/C13H18N2O2/c1-9-5-11-10(13(6-9)17-8-15)3-2-4-12(11)16-7-14/h9-13H,2-6H2,1H3. The second kappa shape index (κ2) is 5.27. The van der Waals surface area contributed by atoms with Gasteiger partial charge in [-0.3, -0.25) is 0 Å². The van der Waals surface area contributed by atoms with Gasteiger partial charge in [-0.05, 0) is 38.0 Å². The van der Waals surface area contributed by atoms with E-state index in [1.807, 2.05) is 12.5 Å². The molecule has 0 radical (unpaired) electrons. The van der Waals surface area contributed by atoms with Gasteiger partial charge < -0.3 is 9.47 Å². The fourth-order valence-corrected chi connectivity index (χ4v) is 3.60. The van der Waals surface area contributed by atoms with E-state index in [9.17, 15) is 0 Å². The first-order chi connectivity index (χ1) is 8.26. The third kappa shape index (κ3) is 2.47. The average Bonchev–Trinajstić information content (AvgIpc) is 2.31. The van der Waals surface area contributed by atoms with E-state index in [2.05, 4.69) is 6.92 Å². The molecule has 17 heavy (non-hydrogen) atoms. The van der Waals surface area contributed by atoms with Gasteiger partial charge in [-0.2, -0.15) is 10.5 Å². The van der Waals surface area contributed by atoms with Crippen molar-refractivity contribution in [2.75, 3.05) is 0 Å². The van der Waals surface area contributed by atoms with Crippen LogP contribution >= 0.6 is 0 Å². The summed E-state index contributed by atoms with van der Waals surface area (Å²) in [5.41, 5.74) is 0. The smallest absolute Gasteiger partial charge is 0.286 e. The van der Waals surface area contributed by atoms with Gasteiger partial charge in [-0.1, -0.05) is 6.92 Å². The molecule has 0 aromatic carbocycles. The van der Waals surface area contributed by atoms with Gasteiger partial charge in [0.2, 0.25) is 0 Å². The highest BCUT2D eigenvalue weighted by Gasteiger charge is 2.44. The molecule has 5 atom stereocenters. The lowest BCUT2D eigenvalue weighted by Crippen LogP contribution is -2.45. The van der Waals surface area contributed by atoms with Gasteiger partial charge in [-0.25, -0.2) is 0 Å². The van der Waals surface area contributed by atoms with Crippen LogP contribution in [0.15, 0.2) is 0 Å². The first-order valence-corrected chi connectivity index (χ1v) is 6.35. The molecule has 0 bridgehead atoms. The van der Waals surface area contributed by atoms with Crippen LogP contribution in [-0.2, 0) is 9.47 Å². The molecule has 0 N–H and O–H groups in total. The van der Waals surface area contributed by atoms with E-state index in [-0.39, 0.29) is 12.2 Å². The molecule has 0 heterocycles. The lowest BCUT2D eigenvalue weighted by Gasteiger charge is -2.44. The topological polar surface area (TPSA) is 66.0 Å². The van der Waals surface area contributed by atoms with E-state index < -0.39 is 0 Å². The normalized spacial score (nSPS) is 40.5. The summed E-state index contributed by atoms with van der Waals surface area (Å²) in [6.45, 7) is 2.18. The maximum absolute atomic E-state index is 8.71. The molecule has 4 nitrogen and oxygen atoms in total. The van der Waals surface area contributed by atoms with Crippen LogP contribution in [0.3, 0.4) is 0 Å². The zero-order valence-electron chi connectivity index (χ0n) is 10.1. The molecule has 2 fully saturated rings. The predicted molar refractivity (Wildman–Crippen MR) is 60.2 cm³/mol. The molecule has 2 saturated carbocycles. The summed E-state index contributed by atoms with van der Waals surface area (Å²) in [6.07, 6.45) is 8.87. The zero-order valence-corrected chi connectivity index (χ0v) is 10.1. The molecular formula is C13H18N2O2. The van der Waals surface area contributed by atoms with Crippen molar-refractivity contribution in [3.05, 3.63) is 0 Å². The minimum absolute atomic E-state index is 0.0267. The number of fused-ring (bicyclic) bond motifs is 1. The third-order valence-corrected chi connectivity index (χ3v) is 4.25. The number of nitrogens with zero attached hydrogens (tertiary/aromatic N) is 2. The lowest BCUT2D eigenvalue weighted by molar-refractivity contribution is -0.0685. The lowest BCUT2D eigenvalue weighted by atomic mass is 9.65. The summed E-state index contributed by atoms with van der Waals surface area (Å²) in [5.74, 6) is 1.31. The summed E-state index contributed by atoms with van der Waals surface area (Å²) in [6, 6.07) is 0. The molecule has 0 spiro atoms. The number of ether oxygens (including phenoxy) is 2. The van der Waals surface area contributed by atoms with Gasteiger partial charge in [0.25, 0.3) is 12.5 Å². The molecule has 5 unspecified atom stereocenters. The van der Waals surface area contributed by atoms with Gasteiger partial charge >= 0.3 is 0 Å². The highest BCUT2D eigenvalue weighted by molar-refractivity contribution is 4.94. The zero-order chi connectivity index (χ0) is 12.3. The highest BCUT2D eigenvalue weighted by Crippen LogP contribution is 2.44. The Labute approximate surface area is 102 Å². The number of nitriles is 2. The molecular weight excluding hydrogens is 216 g/mol. The van der Waals surface area contributed by atoms with Gasteiger partial charge in [0, 0.05) is 11.8 Å². The van der Waals surface area contributed by atoms with Gasteiger partial charge in [0.05, 0.1) is 0 Å². The van der Waals surface area contributed by atoms with Crippen molar-refractivity contribution < 1.29 is 9.47 Å². The molecule has 2 rings (SSSR count). The van der Waals surface area contributed by atoms with Gasteiger partial charge in [0.15, 0.2) is 0 Å². The van der Waals surface area contributed by atoms with Crippen LogP contribution in [0.25, 0.3) is 0 Å². The molecule has 0 saturated heterocycles. The molecule has 4 heteroatoms. The molecule has 0 aromatic heterocycles. The average molecular weight is 234 g/mol. The van der Waals surface area contributed by atoms with Gasteiger partial charge in [0.1, 0.15) is 12.2 Å². The van der Waals surface area contributed by atoms with E-state index in [0.29, 0.717) is 17.8 Å². The van der Waals surface area contributed by atoms with E-state index in [4.69, 9.17) is 20.0 Å². The van der Waals surface area contributed by atoms with Crippen LogP contribution < -0.4 is 0 Å². The highest BCUT2D eigenvalue weighted by atomic mass is 16.5. The number of hydrogen-bond acceptors (Lipinski definition) is 4. The van der Waals surface area contributed by atoms with Crippen molar-refractivity contribution in [3.8, 4) is 12.5 Å². The Bertz CT molecular complexity index is 344. The maximum atomic E-state index is 8.71. The second-order valence-corrected chi connectivity index (χ2v) is 5.33. The fourth-order valence-electron chi connectivity index (χ4n) is 3.60. The Morgan fingerprint density at radius 3 is 2.35 bits per heavy atom. The van der Waals surface area contributed by atoms with Crippen LogP contribution in [0, 0.1) is 40.8 Å². The monoisotopic (exact) mass is 234 g/mol. The molecule has 2 aliphatic carbocycles. The fraction of sp³-hybridized carbons (Fsp3) is 0.846. The molecule has 0 aliphatic heterocycles. The van der Waals surface area contributed by atoms with E-state index in [1.54, 1.807) is 0 Å². The first kappa shape index (κ1) is 12.0. The summed E-state index contributed by atoms with van der Waals surface area (Å²) in [7, 11) is 0. The molecule has 0 amide bonds. The number of hydrogen-bond donors (Lipinski definition) is 0. The Kier molecular flexibility index (Phi) is 3.74. The Morgan fingerprint density at radius 2 is 1.65 bits per heavy atom. The first-order valence-electron chi connectivity index (χ1n) is 6.35. The Hall–Kier alpha value is -1.42. The van der Waals surface area contributed by atoms with Crippen molar-refractivity contribution in [2.45, 2.75) is 51.2 Å². The van der Waals surface area contributed by atoms with E-state index in [1.165, 1.54) is 0 Å². The quantitative estimate of drug-likeness (QED) is 0.689. The van der Waals surface area contributed by atoms with Crippen molar-refractivity contribution in [3.63, 3.8) is 0 Å². The van der Waals surface area contributed by atoms with Gasteiger partial charge in [-0.15, -0.1) is 0 Å². The summed E-state index contributed by atoms with van der Waals surface area (Å²) in [4.78, 5) is 0. The molecule has 2 aliphatic rings. The minimum atomic E-state index is 0.0267. The number of rotatable bonds is 2. The van der Waals surface area contributed by atoms with Crippen LogP contribution in [-0.4, -0.2) is 12.2 Å². The van der Waals surface area contributed by atoms with Crippen molar-refractivity contribution >= 4 is 0 Å². The third-order valence-electron chi connectivity index (χ3n) is 4.25. The van der Waals surface area contributed by atoms with Crippen LogP contribution in [0.1, 0.15) is 39.0 Å². The Balaban J connectivity index is 2.11. The summed E-state index contributed by atoms with van der Waals surface area (Å²) in [5, 5.41) is 17.4. The second-order valence-electron chi connectivity index (χ2n) is 5.33. The van der Waals surface area contributed by atoms with E-state index in [0.717, 1.165) is 32.1 Å². The van der Waals surface area contributed by atoms with Crippen molar-refractivity contribution in [1.29, 1.82) is 10.5 Å². The van der Waals surface area contributed by atoms with Crippen molar-refractivity contribution in [1.82, 2.24) is 0 Å². The summed E-state index contributed by atoms with van der Waals surface area (Å²) < 4.78 is 10.4. The molecule has 92 valence electrons. The largest absolute Gasteiger partial charge is 0.424 e. The minimum Gasteiger partial charge on any atom is -0.424 e. The van der Waals surface area contributed by atoms with Crippen LogP contribution in [0.5, 0.6) is 0 Å². The van der Waals surface area contributed by atoms with Crippen molar-refractivity contribution in [2.24, 2.45) is 17.8 Å². The summed E-state index contributed by atoms with van der Waals surface area (Å²) >= 11 is 0. The Morgan fingerprint density at radius 1 is 0.941 bits per heavy atom. The maximum Gasteiger partial charge on any atom is 0.286 e. The van der Waals surface area contributed by atoms with E-state index >= 15 is 0 Å². The SMILES string of the molecule is CC1CC(OC#N)C2CCCC(OC#N)C2C1. The molecule has 0 aromatic rings. The predicted octanol–water partition coefficient (Wildman–Crippen LogP) is 2.57. The van der Waals surface area contributed by atoms with Crippen LogP contribution in [0.4, 0.5) is 0 Å².